The fourth-order valence-electron chi connectivity index (χ4n) is 1.75. The van der Waals surface area contributed by atoms with E-state index in [2.05, 4.69) is 11.4 Å². The molecule has 1 amide bonds. The molecule has 0 unspecified atom stereocenters. The van der Waals surface area contributed by atoms with Gasteiger partial charge in [-0.1, -0.05) is 26.0 Å². The third kappa shape index (κ3) is 5.38. The van der Waals surface area contributed by atoms with E-state index in [1.807, 2.05) is 13.8 Å². The minimum absolute atomic E-state index is 0.0690. The van der Waals surface area contributed by atoms with Gasteiger partial charge in [0.15, 0.2) is 6.61 Å². The maximum absolute atomic E-state index is 11.9. The molecule has 0 aliphatic carbocycles. The number of carbonyl (C=O) groups is 2. The number of esters is 1. The maximum atomic E-state index is 11.9. The average molecular weight is 318 g/mol. The molecule has 0 saturated heterocycles. The molecule has 0 aliphatic rings. The van der Waals surface area contributed by atoms with Crippen LogP contribution in [0.5, 0.6) is 0 Å². The van der Waals surface area contributed by atoms with Crippen LogP contribution in [0.1, 0.15) is 36.7 Å². The molecule has 0 spiro atoms. The normalized spacial score (nSPS) is 13.0. The highest BCUT2D eigenvalue weighted by Gasteiger charge is 2.30. The van der Waals surface area contributed by atoms with E-state index in [-0.39, 0.29) is 5.92 Å². The summed E-state index contributed by atoms with van der Waals surface area (Å²) < 4.78 is 9.96. The number of nitrogens with zero attached hydrogens (tertiary/aromatic N) is 1. The summed E-state index contributed by atoms with van der Waals surface area (Å²) in [6, 6.07) is 8.80. The van der Waals surface area contributed by atoms with Crippen molar-refractivity contribution in [3.05, 3.63) is 35.4 Å². The lowest BCUT2D eigenvalue weighted by atomic mass is 9.90. The van der Waals surface area contributed by atoms with Crippen LogP contribution < -0.4 is 5.32 Å². The highest BCUT2D eigenvalue weighted by molar-refractivity contribution is 5.91. The predicted octanol–water partition coefficient (Wildman–Crippen LogP) is 2.04. The monoisotopic (exact) mass is 318 g/mol. The van der Waals surface area contributed by atoms with E-state index in [9.17, 15) is 9.59 Å². The van der Waals surface area contributed by atoms with Gasteiger partial charge in [-0.25, -0.2) is 4.79 Å². The summed E-state index contributed by atoms with van der Waals surface area (Å²) >= 11 is 0. The Balaban J connectivity index is 2.56. The molecular formula is C17H22N2O4. The summed E-state index contributed by atoms with van der Waals surface area (Å²) in [5, 5.41) is 11.7. The largest absolute Gasteiger partial charge is 0.452 e. The van der Waals surface area contributed by atoms with E-state index in [0.717, 1.165) is 5.56 Å². The summed E-state index contributed by atoms with van der Waals surface area (Å²) in [6.07, 6.45) is 0. The van der Waals surface area contributed by atoms with Gasteiger partial charge in [-0.3, -0.25) is 4.79 Å². The quantitative estimate of drug-likeness (QED) is 0.777. The summed E-state index contributed by atoms with van der Waals surface area (Å²) in [6.45, 7) is 5.32. The zero-order valence-electron chi connectivity index (χ0n) is 13.9. The third-order valence-electron chi connectivity index (χ3n) is 3.62. The van der Waals surface area contributed by atoms with Crippen LogP contribution in [0.4, 0.5) is 0 Å². The Kier molecular flexibility index (Phi) is 6.73. The van der Waals surface area contributed by atoms with Crippen LogP contribution in [0.25, 0.3) is 0 Å². The molecule has 23 heavy (non-hydrogen) atoms. The first-order chi connectivity index (χ1) is 10.8. The van der Waals surface area contributed by atoms with Crippen molar-refractivity contribution in [2.24, 2.45) is 5.92 Å². The van der Waals surface area contributed by atoms with Gasteiger partial charge in [0.2, 0.25) is 0 Å². The van der Waals surface area contributed by atoms with Crippen molar-refractivity contribution in [1.82, 2.24) is 5.32 Å². The lowest BCUT2D eigenvalue weighted by Crippen LogP contribution is -2.50. The summed E-state index contributed by atoms with van der Waals surface area (Å²) in [5.74, 6) is -1.17. The maximum Gasteiger partial charge on any atom is 0.338 e. The molecule has 6 nitrogen and oxygen atoms in total. The predicted molar refractivity (Wildman–Crippen MR) is 84.4 cm³/mol. The molecular weight excluding hydrogens is 296 g/mol. The summed E-state index contributed by atoms with van der Waals surface area (Å²) in [5.41, 5.74) is 0.291. The molecule has 124 valence electrons. The Morgan fingerprint density at radius 2 is 1.91 bits per heavy atom. The van der Waals surface area contributed by atoms with Crippen LogP contribution in [0.3, 0.4) is 0 Å². The van der Waals surface area contributed by atoms with Gasteiger partial charge in [0.1, 0.15) is 5.54 Å². The molecule has 0 aromatic heterocycles. The van der Waals surface area contributed by atoms with Crippen LogP contribution in [0, 0.1) is 17.2 Å². The third-order valence-corrected chi connectivity index (χ3v) is 3.62. The molecule has 0 heterocycles. The lowest BCUT2D eigenvalue weighted by molar-refractivity contribution is -0.125. The highest BCUT2D eigenvalue weighted by atomic mass is 16.5. The number of nitriles is 1. The van der Waals surface area contributed by atoms with Crippen molar-refractivity contribution in [3.63, 3.8) is 0 Å². The molecule has 0 saturated carbocycles. The van der Waals surface area contributed by atoms with Crippen molar-refractivity contribution in [3.8, 4) is 6.07 Å². The molecule has 0 aliphatic heterocycles. The van der Waals surface area contributed by atoms with Gasteiger partial charge in [-0.05, 0) is 30.5 Å². The molecule has 0 bridgehead atoms. The topological polar surface area (TPSA) is 88.4 Å². The van der Waals surface area contributed by atoms with Crippen molar-refractivity contribution in [2.75, 3.05) is 13.7 Å². The smallest absolute Gasteiger partial charge is 0.338 e. The number of carbonyl (C=O) groups excluding carboxylic acids is 2. The lowest BCUT2D eigenvalue weighted by Gasteiger charge is -2.27. The molecule has 1 aromatic rings. The second kappa shape index (κ2) is 8.30. The fourth-order valence-corrected chi connectivity index (χ4v) is 1.75. The Hall–Kier alpha value is -2.39. The Morgan fingerprint density at radius 1 is 1.30 bits per heavy atom. The van der Waals surface area contributed by atoms with Gasteiger partial charge >= 0.3 is 5.97 Å². The standard InChI is InChI=1S/C17H22N2O4/c1-12(2)17(3,11-18)19-15(20)10-23-16(21)14-7-5-13(6-8-14)9-22-4/h5-8,12H,9-10H2,1-4H3,(H,19,20)/t17-/m0/s1. The van der Waals surface area contributed by atoms with Gasteiger partial charge in [0.25, 0.3) is 5.91 Å². The number of ether oxygens (including phenoxy) is 2. The summed E-state index contributed by atoms with van der Waals surface area (Å²) in [7, 11) is 1.59. The van der Waals surface area contributed by atoms with Gasteiger partial charge in [0, 0.05) is 7.11 Å². The second-order valence-electron chi connectivity index (χ2n) is 5.72. The minimum Gasteiger partial charge on any atom is -0.452 e. The number of methoxy groups -OCH3 is 1. The van der Waals surface area contributed by atoms with Gasteiger partial charge in [-0.2, -0.15) is 5.26 Å². The molecule has 0 fully saturated rings. The van der Waals surface area contributed by atoms with E-state index in [4.69, 9.17) is 14.7 Å². The Morgan fingerprint density at radius 3 is 2.39 bits per heavy atom. The van der Waals surface area contributed by atoms with Crippen molar-refractivity contribution in [2.45, 2.75) is 32.9 Å². The second-order valence-corrected chi connectivity index (χ2v) is 5.72. The highest BCUT2D eigenvalue weighted by Crippen LogP contribution is 2.15. The van der Waals surface area contributed by atoms with Crippen molar-refractivity contribution >= 4 is 11.9 Å². The van der Waals surface area contributed by atoms with E-state index < -0.39 is 24.0 Å². The van der Waals surface area contributed by atoms with Gasteiger partial charge < -0.3 is 14.8 Å². The zero-order chi connectivity index (χ0) is 17.5. The first-order valence-corrected chi connectivity index (χ1v) is 7.29. The fraction of sp³-hybridized carbons (Fsp3) is 0.471. The van der Waals surface area contributed by atoms with Crippen LogP contribution in [0.15, 0.2) is 24.3 Å². The Labute approximate surface area is 136 Å². The number of hydrogen-bond donors (Lipinski definition) is 1. The van der Waals surface area contributed by atoms with E-state index in [1.54, 1.807) is 38.3 Å². The Bertz CT molecular complexity index is 590. The number of nitrogens with one attached hydrogen (secondary N) is 1. The molecule has 1 N–H and O–H groups in total. The van der Waals surface area contributed by atoms with Crippen LogP contribution >= 0.6 is 0 Å². The molecule has 0 radical (unpaired) electrons. The number of hydrogen-bond acceptors (Lipinski definition) is 5. The first kappa shape index (κ1) is 18.7. The van der Waals surface area contributed by atoms with Crippen LogP contribution in [-0.2, 0) is 20.9 Å². The van der Waals surface area contributed by atoms with E-state index >= 15 is 0 Å². The average Bonchev–Trinajstić information content (AvgIpc) is 2.53. The summed E-state index contributed by atoms with van der Waals surface area (Å²) in [4.78, 5) is 23.7. The van der Waals surface area contributed by atoms with Crippen molar-refractivity contribution in [1.29, 1.82) is 5.26 Å². The molecule has 1 rings (SSSR count). The van der Waals surface area contributed by atoms with E-state index in [1.165, 1.54) is 0 Å². The van der Waals surface area contributed by atoms with Gasteiger partial charge in [-0.15, -0.1) is 0 Å². The van der Waals surface area contributed by atoms with E-state index in [0.29, 0.717) is 12.2 Å². The minimum atomic E-state index is -0.995. The zero-order valence-corrected chi connectivity index (χ0v) is 13.9. The molecule has 1 aromatic carbocycles. The van der Waals surface area contributed by atoms with Gasteiger partial charge in [0.05, 0.1) is 18.2 Å². The number of benzene rings is 1. The SMILES string of the molecule is COCc1ccc(C(=O)OCC(=O)N[C@@](C)(C#N)C(C)C)cc1. The number of rotatable bonds is 7. The van der Waals surface area contributed by atoms with Crippen LogP contribution in [-0.4, -0.2) is 31.1 Å². The van der Waals surface area contributed by atoms with Crippen molar-refractivity contribution < 1.29 is 19.1 Å². The first-order valence-electron chi connectivity index (χ1n) is 7.29. The molecule has 1 atom stereocenters. The number of amides is 1. The molecule has 6 heteroatoms. The van der Waals surface area contributed by atoms with Crippen LogP contribution in [0.2, 0.25) is 0 Å².